The number of sulfonamides is 1. The smallest absolute Gasteiger partial charge is 0.260 e. The molecule has 2 aliphatic rings. The number of ether oxygens (including phenoxy) is 2. The predicted octanol–water partition coefficient (Wildman–Crippen LogP) is 0.957. The van der Waals surface area contributed by atoms with E-state index >= 15 is 0 Å². The van der Waals surface area contributed by atoms with Crippen LogP contribution in [0.2, 0.25) is 0 Å². The Balaban J connectivity index is 1.25. The average Bonchev–Trinajstić information content (AvgIpc) is 3.47. The van der Waals surface area contributed by atoms with Gasteiger partial charge in [0.15, 0.2) is 10.9 Å². The number of imidazole rings is 1. The molecular formula is C17H25N5O5S. The van der Waals surface area contributed by atoms with Gasteiger partial charge in [0.05, 0.1) is 25.0 Å². The first-order valence-electron chi connectivity index (χ1n) is 9.59. The lowest BCUT2D eigenvalue weighted by atomic mass is 10.0. The second-order valence-corrected chi connectivity index (χ2v) is 9.10. The maximum atomic E-state index is 12.5. The van der Waals surface area contributed by atoms with E-state index in [0.29, 0.717) is 50.2 Å². The summed E-state index contributed by atoms with van der Waals surface area (Å²) in [5.74, 6) is 1.55. The molecule has 10 nitrogen and oxygen atoms in total. The van der Waals surface area contributed by atoms with E-state index in [1.54, 1.807) is 0 Å². The van der Waals surface area contributed by atoms with Gasteiger partial charge < -0.3 is 19.0 Å². The van der Waals surface area contributed by atoms with Crippen LogP contribution in [0, 0.1) is 5.92 Å². The Bertz CT molecular complexity index is 847. The predicted molar refractivity (Wildman–Crippen MR) is 97.1 cm³/mol. The summed E-state index contributed by atoms with van der Waals surface area (Å²) in [6, 6.07) is 0. The lowest BCUT2D eigenvalue weighted by Crippen LogP contribution is -2.29. The third-order valence-corrected chi connectivity index (χ3v) is 7.03. The first-order chi connectivity index (χ1) is 13.6. The van der Waals surface area contributed by atoms with Crippen molar-refractivity contribution in [3.63, 3.8) is 0 Å². The van der Waals surface area contributed by atoms with Crippen LogP contribution in [0.25, 0.3) is 0 Å². The molecule has 2 aromatic rings. The van der Waals surface area contributed by atoms with Gasteiger partial charge in [-0.2, -0.15) is 9.29 Å². The van der Waals surface area contributed by atoms with Gasteiger partial charge in [0.25, 0.3) is 10.0 Å². The number of nitrogens with zero attached hydrogens (tertiary/aromatic N) is 4. The first kappa shape index (κ1) is 19.5. The molecule has 1 N–H and O–H groups in total. The summed E-state index contributed by atoms with van der Waals surface area (Å²) in [6.45, 7) is 3.65. The Morgan fingerprint density at radius 1 is 1.29 bits per heavy atom. The van der Waals surface area contributed by atoms with Gasteiger partial charge >= 0.3 is 0 Å². The SMILES string of the molecule is O=S(=O)(c1cnc[nH]1)N1CCC(c2nc(CCOCC3CCOCC3)no2)C1. The topological polar surface area (TPSA) is 123 Å². The van der Waals surface area contributed by atoms with Gasteiger partial charge in [-0.3, -0.25) is 0 Å². The molecule has 0 aliphatic carbocycles. The highest BCUT2D eigenvalue weighted by Gasteiger charge is 2.36. The van der Waals surface area contributed by atoms with Crippen LogP contribution in [0.5, 0.6) is 0 Å². The zero-order valence-electron chi connectivity index (χ0n) is 15.6. The molecule has 0 amide bonds. The Morgan fingerprint density at radius 3 is 2.93 bits per heavy atom. The van der Waals surface area contributed by atoms with Crippen molar-refractivity contribution in [2.45, 2.75) is 36.6 Å². The van der Waals surface area contributed by atoms with Crippen LogP contribution in [0.1, 0.15) is 36.9 Å². The maximum absolute atomic E-state index is 12.5. The van der Waals surface area contributed by atoms with E-state index in [1.165, 1.54) is 16.8 Å². The summed E-state index contributed by atoms with van der Waals surface area (Å²) in [6.07, 6.45) is 5.99. The molecule has 154 valence electrons. The number of nitrogens with one attached hydrogen (secondary N) is 1. The van der Waals surface area contributed by atoms with Crippen LogP contribution in [0.3, 0.4) is 0 Å². The molecule has 2 aromatic heterocycles. The van der Waals surface area contributed by atoms with E-state index in [1.807, 2.05) is 0 Å². The minimum atomic E-state index is -3.56. The summed E-state index contributed by atoms with van der Waals surface area (Å²) in [5.41, 5.74) is 0. The molecule has 11 heteroatoms. The van der Waals surface area contributed by atoms with E-state index in [0.717, 1.165) is 32.7 Å². The summed E-state index contributed by atoms with van der Waals surface area (Å²) >= 11 is 0. The Hall–Kier alpha value is -1.82. The summed E-state index contributed by atoms with van der Waals surface area (Å²) in [7, 11) is -3.56. The van der Waals surface area contributed by atoms with Crippen molar-refractivity contribution in [3.8, 4) is 0 Å². The fourth-order valence-corrected chi connectivity index (χ4v) is 4.93. The van der Waals surface area contributed by atoms with Crippen molar-refractivity contribution >= 4 is 10.0 Å². The van der Waals surface area contributed by atoms with E-state index in [2.05, 4.69) is 20.1 Å². The molecule has 0 spiro atoms. The molecule has 2 aliphatic heterocycles. The quantitative estimate of drug-likeness (QED) is 0.637. The van der Waals surface area contributed by atoms with Gasteiger partial charge in [-0.25, -0.2) is 13.4 Å². The van der Waals surface area contributed by atoms with Crippen molar-refractivity contribution in [2.75, 3.05) is 39.5 Å². The van der Waals surface area contributed by atoms with Crippen LogP contribution in [0.15, 0.2) is 22.1 Å². The van der Waals surface area contributed by atoms with Gasteiger partial charge in [0.1, 0.15) is 0 Å². The number of H-pyrrole nitrogens is 1. The molecule has 28 heavy (non-hydrogen) atoms. The lowest BCUT2D eigenvalue weighted by Gasteiger charge is -2.21. The molecule has 1 unspecified atom stereocenters. The molecular weight excluding hydrogens is 386 g/mol. The zero-order chi connectivity index (χ0) is 19.4. The van der Waals surface area contributed by atoms with Gasteiger partial charge in [-0.15, -0.1) is 0 Å². The van der Waals surface area contributed by atoms with Crippen molar-refractivity contribution in [3.05, 3.63) is 24.2 Å². The van der Waals surface area contributed by atoms with Crippen molar-refractivity contribution in [2.24, 2.45) is 5.92 Å². The minimum Gasteiger partial charge on any atom is -0.381 e. The molecule has 2 saturated heterocycles. The second kappa shape index (κ2) is 8.68. The van der Waals surface area contributed by atoms with Crippen molar-refractivity contribution in [1.82, 2.24) is 24.4 Å². The van der Waals surface area contributed by atoms with E-state index < -0.39 is 10.0 Å². The number of aromatic nitrogens is 4. The van der Waals surface area contributed by atoms with Crippen molar-refractivity contribution < 1.29 is 22.4 Å². The number of hydrogen-bond acceptors (Lipinski definition) is 8. The standard InChI is InChI=1S/C17H25N5O5S/c23-28(24,16-9-18-12-19-16)22-5-1-14(10-22)17-20-15(21-27-17)4-8-26-11-13-2-6-25-7-3-13/h9,12-14H,1-8,10-11H2,(H,18,19). The zero-order valence-corrected chi connectivity index (χ0v) is 16.4. The molecule has 4 heterocycles. The summed E-state index contributed by atoms with van der Waals surface area (Å²) in [5, 5.41) is 4.11. The van der Waals surface area contributed by atoms with E-state index in [9.17, 15) is 8.42 Å². The van der Waals surface area contributed by atoms with Gasteiger partial charge in [0.2, 0.25) is 5.89 Å². The Kier molecular flexibility index (Phi) is 6.04. The van der Waals surface area contributed by atoms with E-state index in [-0.39, 0.29) is 10.9 Å². The Morgan fingerprint density at radius 2 is 2.14 bits per heavy atom. The highest BCUT2D eigenvalue weighted by atomic mass is 32.2. The van der Waals surface area contributed by atoms with Gasteiger partial charge in [-0.1, -0.05) is 5.16 Å². The van der Waals surface area contributed by atoms with Crippen LogP contribution in [0.4, 0.5) is 0 Å². The number of aromatic amines is 1. The first-order valence-corrected chi connectivity index (χ1v) is 11.0. The van der Waals surface area contributed by atoms with E-state index in [4.69, 9.17) is 14.0 Å². The fraction of sp³-hybridized carbons (Fsp3) is 0.706. The molecule has 0 radical (unpaired) electrons. The fourth-order valence-electron chi connectivity index (χ4n) is 3.53. The number of hydrogen-bond donors (Lipinski definition) is 1. The minimum absolute atomic E-state index is 0.0953. The molecule has 0 aromatic carbocycles. The molecule has 0 saturated carbocycles. The molecule has 0 bridgehead atoms. The van der Waals surface area contributed by atoms with Crippen LogP contribution in [-0.4, -0.2) is 72.3 Å². The summed E-state index contributed by atoms with van der Waals surface area (Å²) < 4.78 is 43.0. The van der Waals surface area contributed by atoms with Gasteiger partial charge in [-0.05, 0) is 25.2 Å². The lowest BCUT2D eigenvalue weighted by molar-refractivity contribution is 0.0211. The monoisotopic (exact) mass is 411 g/mol. The normalized spacial score (nSPS) is 22.1. The Labute approximate surface area is 163 Å². The van der Waals surface area contributed by atoms with Crippen molar-refractivity contribution in [1.29, 1.82) is 0 Å². The van der Waals surface area contributed by atoms with Crippen LogP contribution < -0.4 is 0 Å². The highest BCUT2D eigenvalue weighted by molar-refractivity contribution is 7.89. The highest BCUT2D eigenvalue weighted by Crippen LogP contribution is 2.29. The second-order valence-electron chi connectivity index (χ2n) is 7.19. The largest absolute Gasteiger partial charge is 0.381 e. The third kappa shape index (κ3) is 4.43. The number of rotatable bonds is 8. The molecule has 2 fully saturated rings. The average molecular weight is 411 g/mol. The molecule has 1 atom stereocenters. The molecule has 4 rings (SSSR count). The van der Waals surface area contributed by atoms with Crippen LogP contribution in [-0.2, 0) is 25.9 Å². The van der Waals surface area contributed by atoms with Gasteiger partial charge in [0, 0.05) is 39.3 Å². The third-order valence-electron chi connectivity index (χ3n) is 5.24. The summed E-state index contributed by atoms with van der Waals surface area (Å²) in [4.78, 5) is 10.9. The maximum Gasteiger partial charge on any atom is 0.260 e. The van der Waals surface area contributed by atoms with Crippen LogP contribution >= 0.6 is 0 Å².